The fourth-order valence-electron chi connectivity index (χ4n) is 4.04. The molecule has 7 nitrogen and oxygen atoms in total. The summed E-state index contributed by atoms with van der Waals surface area (Å²) >= 11 is 0. The zero-order valence-corrected chi connectivity index (χ0v) is 21.6. The van der Waals surface area contributed by atoms with Gasteiger partial charge in [-0.25, -0.2) is 4.79 Å². The number of aromatic nitrogens is 1. The summed E-state index contributed by atoms with van der Waals surface area (Å²) in [5, 5.41) is 0. The third-order valence-electron chi connectivity index (χ3n) is 5.82. The predicted molar refractivity (Wildman–Crippen MR) is 139 cm³/mol. The highest BCUT2D eigenvalue weighted by Crippen LogP contribution is 2.37. The van der Waals surface area contributed by atoms with E-state index in [-0.39, 0.29) is 12.3 Å². The van der Waals surface area contributed by atoms with Gasteiger partial charge in [0.05, 0.1) is 19.3 Å². The number of methoxy groups -OCH3 is 1. The minimum Gasteiger partial charge on any atom is -0.493 e. The summed E-state index contributed by atoms with van der Waals surface area (Å²) in [5.41, 5.74) is 3.55. The van der Waals surface area contributed by atoms with Crippen molar-refractivity contribution in [2.75, 3.05) is 18.6 Å². The number of carbonyl (C=O) groups excluding carboxylic acids is 1. The fourth-order valence-corrected chi connectivity index (χ4v) is 4.04. The first-order valence-electron chi connectivity index (χ1n) is 12.2. The van der Waals surface area contributed by atoms with Crippen molar-refractivity contribution in [1.29, 1.82) is 0 Å². The number of carbonyl (C=O) groups is 1. The van der Waals surface area contributed by atoms with E-state index in [9.17, 15) is 4.79 Å². The van der Waals surface area contributed by atoms with Gasteiger partial charge in [-0.2, -0.15) is 0 Å². The minimum absolute atomic E-state index is 0.293. The molecule has 1 atom stereocenters. The fraction of sp³-hybridized carbons (Fsp3) is 0.379. The van der Waals surface area contributed by atoms with Crippen LogP contribution in [0, 0.1) is 6.92 Å². The van der Waals surface area contributed by atoms with Crippen molar-refractivity contribution < 1.29 is 23.7 Å². The van der Waals surface area contributed by atoms with E-state index in [4.69, 9.17) is 18.9 Å². The van der Waals surface area contributed by atoms with Gasteiger partial charge in [0.2, 0.25) is 0 Å². The number of anilines is 2. The maximum Gasteiger partial charge on any atom is 0.338 e. The van der Waals surface area contributed by atoms with Gasteiger partial charge in [0.25, 0.3) is 0 Å². The lowest BCUT2D eigenvalue weighted by atomic mass is 10.1. The molecule has 7 heteroatoms. The Kier molecular flexibility index (Phi) is 7.79. The maximum absolute atomic E-state index is 13.0. The van der Waals surface area contributed by atoms with Gasteiger partial charge in [-0.05, 0) is 75.6 Å². The summed E-state index contributed by atoms with van der Waals surface area (Å²) in [4.78, 5) is 19.4. The van der Waals surface area contributed by atoms with E-state index in [2.05, 4.69) is 9.88 Å². The number of aryl methyl sites for hydroxylation is 1. The van der Waals surface area contributed by atoms with Crippen LogP contribution >= 0.6 is 0 Å². The highest BCUT2D eigenvalue weighted by molar-refractivity contribution is 5.93. The highest BCUT2D eigenvalue weighted by atomic mass is 16.7. The second kappa shape index (κ2) is 11.0. The molecule has 1 aromatic heterocycles. The van der Waals surface area contributed by atoms with Crippen molar-refractivity contribution >= 4 is 17.3 Å². The molecule has 3 aromatic rings. The van der Waals surface area contributed by atoms with E-state index in [1.807, 2.05) is 82.4 Å². The van der Waals surface area contributed by atoms with Gasteiger partial charge in [0, 0.05) is 42.8 Å². The summed E-state index contributed by atoms with van der Waals surface area (Å²) in [6, 6.07) is 15.6. The van der Waals surface area contributed by atoms with E-state index >= 15 is 0 Å². The zero-order chi connectivity index (χ0) is 25.7. The molecule has 0 bridgehead atoms. The molecule has 1 aliphatic rings. The van der Waals surface area contributed by atoms with Crippen molar-refractivity contribution in [2.45, 2.75) is 59.0 Å². The average Bonchev–Trinajstić information content (AvgIpc) is 3.36. The number of hydrogen-bond acceptors (Lipinski definition) is 7. The maximum atomic E-state index is 13.0. The average molecular weight is 491 g/mol. The molecule has 0 spiro atoms. The first-order valence-corrected chi connectivity index (χ1v) is 12.2. The molecule has 0 saturated carbocycles. The molecule has 0 aliphatic carbocycles. The van der Waals surface area contributed by atoms with Gasteiger partial charge in [-0.15, -0.1) is 0 Å². The Morgan fingerprint density at radius 3 is 2.56 bits per heavy atom. The van der Waals surface area contributed by atoms with Crippen molar-refractivity contribution in [3.63, 3.8) is 0 Å². The third kappa shape index (κ3) is 6.34. The first kappa shape index (κ1) is 25.5. The SMILES string of the molecule is COc1ccc(N(Cc2cccnc2)c2ccc(C)c(C(=O)OC(C)(C)C)c2)cc1OC1CCCO1. The normalized spacial score (nSPS) is 15.4. The summed E-state index contributed by atoms with van der Waals surface area (Å²) in [6.45, 7) is 8.74. The lowest BCUT2D eigenvalue weighted by Crippen LogP contribution is -2.25. The number of ether oxygens (including phenoxy) is 4. The molecule has 1 unspecified atom stereocenters. The Labute approximate surface area is 213 Å². The van der Waals surface area contributed by atoms with Gasteiger partial charge in [0.1, 0.15) is 5.60 Å². The Morgan fingerprint density at radius 1 is 1.11 bits per heavy atom. The molecular weight excluding hydrogens is 456 g/mol. The molecule has 1 aliphatic heterocycles. The first-order chi connectivity index (χ1) is 17.2. The Morgan fingerprint density at radius 2 is 1.89 bits per heavy atom. The monoisotopic (exact) mass is 490 g/mol. The molecule has 190 valence electrons. The van der Waals surface area contributed by atoms with Gasteiger partial charge in [-0.1, -0.05) is 12.1 Å². The lowest BCUT2D eigenvalue weighted by Gasteiger charge is -2.27. The number of esters is 1. The Bertz CT molecular complexity index is 1180. The third-order valence-corrected chi connectivity index (χ3v) is 5.82. The molecular formula is C29H34N2O5. The number of rotatable bonds is 8. The summed E-state index contributed by atoms with van der Waals surface area (Å²) in [7, 11) is 1.62. The molecule has 1 saturated heterocycles. The molecule has 2 aromatic carbocycles. The molecule has 0 N–H and O–H groups in total. The minimum atomic E-state index is -0.584. The Balaban J connectivity index is 1.75. The van der Waals surface area contributed by atoms with Gasteiger partial charge >= 0.3 is 5.97 Å². The van der Waals surface area contributed by atoms with E-state index in [0.29, 0.717) is 30.2 Å². The van der Waals surface area contributed by atoms with Crippen molar-refractivity contribution in [2.24, 2.45) is 0 Å². The van der Waals surface area contributed by atoms with E-state index < -0.39 is 5.60 Å². The van der Waals surface area contributed by atoms with Crippen LogP contribution in [0.3, 0.4) is 0 Å². The van der Waals surface area contributed by atoms with Crippen molar-refractivity contribution in [1.82, 2.24) is 4.98 Å². The van der Waals surface area contributed by atoms with E-state index in [1.54, 1.807) is 13.3 Å². The molecule has 0 amide bonds. The van der Waals surface area contributed by atoms with Crippen LogP contribution in [0.15, 0.2) is 60.9 Å². The Hall–Kier alpha value is -3.58. The summed E-state index contributed by atoms with van der Waals surface area (Å²) in [5.74, 6) is 0.895. The van der Waals surface area contributed by atoms with Gasteiger partial charge < -0.3 is 23.8 Å². The van der Waals surface area contributed by atoms with Crippen molar-refractivity contribution in [3.05, 3.63) is 77.6 Å². The topological polar surface area (TPSA) is 70.1 Å². The standard InChI is InChI=1S/C29H34N2O5/c1-20-10-11-22(16-24(20)28(32)36-29(2,3)4)31(19-21-8-6-14-30-18-21)23-12-13-25(33-5)26(17-23)35-27-9-7-15-34-27/h6,8,10-14,16-18,27H,7,9,15,19H2,1-5H3. The van der Waals surface area contributed by atoms with Gasteiger partial charge in [0.15, 0.2) is 17.8 Å². The van der Waals surface area contributed by atoms with Crippen LogP contribution in [0.5, 0.6) is 11.5 Å². The second-order valence-electron chi connectivity index (χ2n) is 9.84. The molecule has 2 heterocycles. The zero-order valence-electron chi connectivity index (χ0n) is 21.6. The van der Waals surface area contributed by atoms with Crippen LogP contribution in [0.4, 0.5) is 11.4 Å². The summed E-state index contributed by atoms with van der Waals surface area (Å²) in [6.07, 6.45) is 5.10. The van der Waals surface area contributed by atoms with E-state index in [0.717, 1.165) is 35.3 Å². The quantitative estimate of drug-likeness (QED) is 0.348. The largest absolute Gasteiger partial charge is 0.493 e. The van der Waals surface area contributed by atoms with Crippen LogP contribution in [-0.2, 0) is 16.0 Å². The smallest absolute Gasteiger partial charge is 0.338 e. The number of benzene rings is 2. The van der Waals surface area contributed by atoms with Crippen LogP contribution < -0.4 is 14.4 Å². The molecule has 4 rings (SSSR count). The van der Waals surface area contributed by atoms with Crippen LogP contribution in [0.2, 0.25) is 0 Å². The molecule has 0 radical (unpaired) electrons. The predicted octanol–water partition coefficient (Wildman–Crippen LogP) is 6.21. The number of pyridine rings is 1. The second-order valence-corrected chi connectivity index (χ2v) is 9.84. The van der Waals surface area contributed by atoms with Crippen LogP contribution in [-0.4, -0.2) is 36.6 Å². The van der Waals surface area contributed by atoms with E-state index in [1.165, 1.54) is 0 Å². The summed E-state index contributed by atoms with van der Waals surface area (Å²) < 4.78 is 23.1. The number of hydrogen-bond donors (Lipinski definition) is 0. The van der Waals surface area contributed by atoms with Gasteiger partial charge in [-0.3, -0.25) is 4.98 Å². The molecule has 1 fully saturated rings. The van der Waals surface area contributed by atoms with Crippen LogP contribution in [0.1, 0.15) is 55.1 Å². The van der Waals surface area contributed by atoms with Crippen LogP contribution in [0.25, 0.3) is 0 Å². The molecule has 36 heavy (non-hydrogen) atoms. The lowest BCUT2D eigenvalue weighted by molar-refractivity contribution is -0.0402. The number of nitrogens with zero attached hydrogens (tertiary/aromatic N) is 2. The van der Waals surface area contributed by atoms with Crippen molar-refractivity contribution in [3.8, 4) is 11.5 Å². The highest BCUT2D eigenvalue weighted by Gasteiger charge is 2.23.